The van der Waals surface area contributed by atoms with Crippen LogP contribution in [0.5, 0.6) is 0 Å². The zero-order chi connectivity index (χ0) is 31.3. The molecule has 15 heteroatoms. The SMILES string of the molecule is O=C(Cc1ccc(C(F)(F)F)cc1C(F)(F)F)N(Cc1nnc(-c2ncc(C3COC4(CC4)C3)cn2)o1)c1ccc(F)cc1. The van der Waals surface area contributed by atoms with E-state index in [1.165, 1.54) is 12.1 Å². The predicted molar refractivity (Wildman–Crippen MR) is 138 cm³/mol. The molecule has 2 aromatic carbocycles. The first-order chi connectivity index (χ1) is 20.8. The van der Waals surface area contributed by atoms with Crippen molar-refractivity contribution in [2.75, 3.05) is 11.5 Å². The molecule has 2 aromatic heterocycles. The fourth-order valence-electron chi connectivity index (χ4n) is 5.12. The number of rotatable bonds is 7. The zero-order valence-electron chi connectivity index (χ0n) is 22.6. The summed E-state index contributed by atoms with van der Waals surface area (Å²) < 4.78 is 106. The number of carbonyl (C=O) groups is 1. The van der Waals surface area contributed by atoms with Crippen LogP contribution in [0.25, 0.3) is 11.7 Å². The van der Waals surface area contributed by atoms with Gasteiger partial charge in [0.15, 0.2) is 0 Å². The summed E-state index contributed by atoms with van der Waals surface area (Å²) in [6.45, 7) is 0.136. The Labute approximate surface area is 244 Å². The van der Waals surface area contributed by atoms with Crippen LogP contribution in [0.4, 0.5) is 36.4 Å². The number of hydrogen-bond donors (Lipinski definition) is 0. The number of alkyl halides is 6. The topological polar surface area (TPSA) is 94.2 Å². The van der Waals surface area contributed by atoms with Crippen LogP contribution in [-0.4, -0.2) is 38.3 Å². The van der Waals surface area contributed by atoms with Crippen LogP contribution in [0.3, 0.4) is 0 Å². The Bertz CT molecular complexity index is 1670. The summed E-state index contributed by atoms with van der Waals surface area (Å²) in [4.78, 5) is 22.9. The Morgan fingerprint density at radius 2 is 1.66 bits per heavy atom. The molecule has 3 heterocycles. The second kappa shape index (κ2) is 10.9. The Balaban J connectivity index is 1.23. The van der Waals surface area contributed by atoms with Gasteiger partial charge in [-0.25, -0.2) is 14.4 Å². The minimum atomic E-state index is -5.17. The van der Waals surface area contributed by atoms with Crippen molar-refractivity contribution in [1.29, 1.82) is 0 Å². The van der Waals surface area contributed by atoms with Crippen LogP contribution in [0.15, 0.2) is 59.3 Å². The smallest absolute Gasteiger partial charge is 0.416 e. The van der Waals surface area contributed by atoms with Crippen molar-refractivity contribution in [2.45, 2.75) is 56.1 Å². The fourth-order valence-corrected chi connectivity index (χ4v) is 5.12. The van der Waals surface area contributed by atoms with E-state index in [1.807, 2.05) is 0 Å². The van der Waals surface area contributed by atoms with Crippen LogP contribution in [0.1, 0.15) is 53.3 Å². The quantitative estimate of drug-likeness (QED) is 0.217. The van der Waals surface area contributed by atoms with Gasteiger partial charge in [-0.1, -0.05) is 6.07 Å². The highest BCUT2D eigenvalue weighted by Gasteiger charge is 2.50. The summed E-state index contributed by atoms with van der Waals surface area (Å²) in [5, 5.41) is 7.81. The average Bonchev–Trinajstić information content (AvgIpc) is 3.35. The number of benzene rings is 2. The highest BCUT2D eigenvalue weighted by Crippen LogP contribution is 2.51. The molecule has 1 saturated heterocycles. The van der Waals surface area contributed by atoms with Crippen molar-refractivity contribution in [3.8, 4) is 11.7 Å². The lowest BCUT2D eigenvalue weighted by Crippen LogP contribution is -2.32. The van der Waals surface area contributed by atoms with Crippen LogP contribution in [0.2, 0.25) is 0 Å². The molecule has 1 aliphatic carbocycles. The Morgan fingerprint density at radius 3 is 2.27 bits per heavy atom. The highest BCUT2D eigenvalue weighted by molar-refractivity contribution is 5.94. The van der Waals surface area contributed by atoms with E-state index in [0.717, 1.165) is 41.9 Å². The predicted octanol–water partition coefficient (Wildman–Crippen LogP) is 6.52. The normalized spacial score (nSPS) is 17.7. The summed E-state index contributed by atoms with van der Waals surface area (Å²) in [6.07, 6.45) is -4.87. The second-order valence-corrected chi connectivity index (χ2v) is 10.7. The lowest BCUT2D eigenvalue weighted by molar-refractivity contribution is -0.143. The van der Waals surface area contributed by atoms with E-state index in [9.17, 15) is 35.5 Å². The summed E-state index contributed by atoms with van der Waals surface area (Å²) in [6, 6.07) is 5.53. The molecule has 1 atom stereocenters. The van der Waals surface area contributed by atoms with E-state index in [0.29, 0.717) is 18.7 Å². The van der Waals surface area contributed by atoms with E-state index in [-0.39, 0.29) is 40.9 Å². The van der Waals surface area contributed by atoms with Crippen molar-refractivity contribution >= 4 is 11.6 Å². The molecule has 6 rings (SSSR count). The van der Waals surface area contributed by atoms with E-state index in [1.54, 1.807) is 12.4 Å². The summed E-state index contributed by atoms with van der Waals surface area (Å²) in [5.41, 5.74) is -2.83. The monoisotopic (exact) mass is 621 g/mol. The van der Waals surface area contributed by atoms with Gasteiger partial charge in [0.2, 0.25) is 17.6 Å². The third kappa shape index (κ3) is 6.27. The van der Waals surface area contributed by atoms with Crippen LogP contribution in [0, 0.1) is 5.82 Å². The van der Waals surface area contributed by atoms with E-state index < -0.39 is 53.7 Å². The number of anilines is 1. The zero-order valence-corrected chi connectivity index (χ0v) is 22.6. The summed E-state index contributed by atoms with van der Waals surface area (Å²) >= 11 is 0. The molecular formula is C29H22F7N5O3. The van der Waals surface area contributed by atoms with Crippen molar-refractivity contribution in [2.24, 2.45) is 0 Å². The number of ether oxygens (including phenoxy) is 1. The number of carbonyl (C=O) groups excluding carboxylic acids is 1. The van der Waals surface area contributed by atoms with Gasteiger partial charge in [-0.15, -0.1) is 10.2 Å². The van der Waals surface area contributed by atoms with Gasteiger partial charge in [-0.05, 0) is 66.8 Å². The van der Waals surface area contributed by atoms with Crippen molar-refractivity contribution in [3.05, 3.63) is 88.8 Å². The maximum Gasteiger partial charge on any atom is 0.416 e. The molecule has 1 aliphatic heterocycles. The van der Waals surface area contributed by atoms with Crippen molar-refractivity contribution in [3.63, 3.8) is 0 Å². The van der Waals surface area contributed by atoms with E-state index in [4.69, 9.17) is 9.15 Å². The van der Waals surface area contributed by atoms with Gasteiger partial charge in [0.1, 0.15) is 12.4 Å². The minimum absolute atomic E-state index is 0.0145. The molecule has 8 nitrogen and oxygen atoms in total. The first-order valence-corrected chi connectivity index (χ1v) is 13.4. The Hall–Kier alpha value is -4.40. The fraction of sp³-hybridized carbons (Fsp3) is 0.345. The van der Waals surface area contributed by atoms with Crippen LogP contribution >= 0.6 is 0 Å². The van der Waals surface area contributed by atoms with Gasteiger partial charge in [0.05, 0.1) is 29.8 Å². The van der Waals surface area contributed by atoms with Crippen LogP contribution < -0.4 is 4.90 Å². The molecule has 2 aliphatic rings. The molecule has 1 unspecified atom stereocenters. The molecule has 44 heavy (non-hydrogen) atoms. The third-order valence-electron chi connectivity index (χ3n) is 7.64. The number of aromatic nitrogens is 4. The summed E-state index contributed by atoms with van der Waals surface area (Å²) in [5.74, 6) is -1.54. The van der Waals surface area contributed by atoms with Gasteiger partial charge >= 0.3 is 12.4 Å². The lowest BCUT2D eigenvalue weighted by Gasteiger charge is -2.23. The molecular weight excluding hydrogens is 599 g/mol. The Morgan fingerprint density at radius 1 is 0.955 bits per heavy atom. The van der Waals surface area contributed by atoms with Gasteiger partial charge in [0, 0.05) is 24.0 Å². The van der Waals surface area contributed by atoms with Gasteiger partial charge in [0.25, 0.3) is 5.89 Å². The molecule has 0 N–H and O–H groups in total. The molecule has 4 aromatic rings. The van der Waals surface area contributed by atoms with Crippen molar-refractivity contribution < 1.29 is 44.7 Å². The van der Waals surface area contributed by atoms with Crippen LogP contribution in [-0.2, 0) is 34.8 Å². The van der Waals surface area contributed by atoms with E-state index in [2.05, 4.69) is 20.2 Å². The van der Waals surface area contributed by atoms with Crippen molar-refractivity contribution in [1.82, 2.24) is 20.2 Å². The molecule has 0 bridgehead atoms. The largest absolute Gasteiger partial charge is 0.416 e. The standard InChI is InChI=1S/C29H22F7N5O3/c30-20-3-5-21(6-4-20)41(24(42)9-16-1-2-19(28(31,32)33)10-22(16)29(34,35)36)14-23-39-40-26(44-23)25-37-12-18(13-38-25)17-11-27(7-8-27)43-15-17/h1-6,10,12-13,17H,7-9,11,14-15H2. The maximum absolute atomic E-state index is 13.7. The highest BCUT2D eigenvalue weighted by atomic mass is 19.4. The summed E-state index contributed by atoms with van der Waals surface area (Å²) in [7, 11) is 0. The second-order valence-electron chi connectivity index (χ2n) is 10.7. The molecule has 1 spiro atoms. The molecule has 0 radical (unpaired) electrons. The molecule has 230 valence electrons. The molecule has 1 saturated carbocycles. The first-order valence-electron chi connectivity index (χ1n) is 13.4. The van der Waals surface area contributed by atoms with E-state index >= 15 is 0 Å². The lowest BCUT2D eigenvalue weighted by atomic mass is 9.98. The third-order valence-corrected chi connectivity index (χ3v) is 7.64. The number of amides is 1. The number of halogens is 7. The molecule has 2 fully saturated rings. The maximum atomic E-state index is 13.7. The molecule has 1 amide bonds. The Kier molecular flexibility index (Phi) is 7.38. The minimum Gasteiger partial charge on any atom is -0.416 e. The van der Waals surface area contributed by atoms with Gasteiger partial charge in [-0.3, -0.25) is 4.79 Å². The average molecular weight is 622 g/mol. The first kappa shape index (κ1) is 29.7. The van der Waals surface area contributed by atoms with Gasteiger partial charge < -0.3 is 14.1 Å². The van der Waals surface area contributed by atoms with Gasteiger partial charge in [-0.2, -0.15) is 26.3 Å². The number of hydrogen-bond acceptors (Lipinski definition) is 7. The number of nitrogens with zero attached hydrogens (tertiary/aromatic N) is 5.